The van der Waals surface area contributed by atoms with Gasteiger partial charge in [0.2, 0.25) is 0 Å². The van der Waals surface area contributed by atoms with Crippen LogP contribution in [0.3, 0.4) is 0 Å². The number of halogens is 1. The Labute approximate surface area is 75.4 Å². The van der Waals surface area contributed by atoms with Crippen LogP contribution in [0.15, 0.2) is 16.7 Å². The molecule has 0 amide bonds. The number of aryl methyl sites for hydroxylation is 1. The molecule has 0 saturated carbocycles. The molecule has 0 atom stereocenters. The Balaban J connectivity index is 3.53. The number of ether oxygens (including phenoxy) is 1. The largest absolute Gasteiger partial charge is 0.495 e. The van der Waals surface area contributed by atoms with Crippen molar-refractivity contribution < 1.29 is 11.6 Å². The van der Waals surface area contributed by atoms with Crippen molar-refractivity contribution in [3.8, 4) is 5.75 Å². The third kappa shape index (κ3) is 1.48. The van der Waals surface area contributed by atoms with E-state index < -0.39 is 6.85 Å². The highest BCUT2D eigenvalue weighted by atomic mass is 79.9. The third-order valence-corrected chi connectivity index (χ3v) is 1.28. The SMILES string of the molecule is [2H]c1nc(C([2H])([2H])[2H])c(OC)c([2H])c1Br. The van der Waals surface area contributed by atoms with Crippen LogP contribution in [0.2, 0.25) is 0 Å². The number of hydrogen-bond acceptors (Lipinski definition) is 2. The summed E-state index contributed by atoms with van der Waals surface area (Å²) in [6.45, 7) is -2.49. The lowest BCUT2D eigenvalue weighted by molar-refractivity contribution is 0.409. The number of methoxy groups -OCH3 is 1. The summed E-state index contributed by atoms with van der Waals surface area (Å²) in [7, 11) is 1.26. The molecule has 0 N–H and O–H groups in total. The fourth-order valence-corrected chi connectivity index (χ4v) is 0.759. The van der Waals surface area contributed by atoms with Crippen LogP contribution >= 0.6 is 15.9 Å². The molecule has 1 rings (SSSR count). The van der Waals surface area contributed by atoms with Gasteiger partial charge in [-0.15, -0.1) is 0 Å². The topological polar surface area (TPSA) is 22.1 Å². The van der Waals surface area contributed by atoms with E-state index in [4.69, 9.17) is 11.6 Å². The molecular formula is C7H8BrNO. The van der Waals surface area contributed by atoms with Gasteiger partial charge in [-0.1, -0.05) is 0 Å². The van der Waals surface area contributed by atoms with Gasteiger partial charge in [-0.25, -0.2) is 0 Å². The summed E-state index contributed by atoms with van der Waals surface area (Å²) in [6, 6.07) is -0.177. The normalized spacial score (nSPS) is 18.0. The molecule has 2 nitrogen and oxygen atoms in total. The fraction of sp³-hybridized carbons (Fsp3) is 0.286. The van der Waals surface area contributed by atoms with Crippen LogP contribution in [0.5, 0.6) is 5.75 Å². The highest BCUT2D eigenvalue weighted by molar-refractivity contribution is 9.10. The third-order valence-electron chi connectivity index (χ3n) is 0.908. The molecule has 0 aliphatic carbocycles. The minimum absolute atomic E-state index is 0.118. The second kappa shape index (κ2) is 3.01. The van der Waals surface area contributed by atoms with Gasteiger partial charge in [-0.05, 0) is 28.8 Å². The molecule has 10 heavy (non-hydrogen) atoms. The molecule has 0 spiro atoms. The van der Waals surface area contributed by atoms with Gasteiger partial charge >= 0.3 is 0 Å². The lowest BCUT2D eigenvalue weighted by Crippen LogP contribution is -1.89. The van der Waals surface area contributed by atoms with Crippen LogP contribution in [0.25, 0.3) is 0 Å². The molecule has 0 fully saturated rings. The Kier molecular flexibility index (Phi) is 0.969. The molecule has 1 aromatic heterocycles. The van der Waals surface area contributed by atoms with Crippen LogP contribution in [-0.4, -0.2) is 12.1 Å². The summed E-state index contributed by atoms with van der Waals surface area (Å²) in [5, 5.41) is 0. The van der Waals surface area contributed by atoms with Crippen molar-refractivity contribution in [1.82, 2.24) is 4.98 Å². The van der Waals surface area contributed by atoms with E-state index in [0.29, 0.717) is 0 Å². The van der Waals surface area contributed by atoms with E-state index in [2.05, 4.69) is 20.9 Å². The summed E-state index contributed by atoms with van der Waals surface area (Å²) in [5.41, 5.74) is -0.358. The molecular weight excluding hydrogens is 194 g/mol. The predicted molar refractivity (Wildman–Crippen MR) is 43.2 cm³/mol. The molecule has 3 heteroatoms. The molecule has 0 aliphatic heterocycles. The van der Waals surface area contributed by atoms with Crippen molar-refractivity contribution in [1.29, 1.82) is 0 Å². The second-order valence-electron chi connectivity index (χ2n) is 1.54. The maximum absolute atomic E-state index is 7.58. The summed E-state index contributed by atoms with van der Waals surface area (Å²) < 4.78 is 41.4. The van der Waals surface area contributed by atoms with Gasteiger partial charge in [-0.2, -0.15) is 0 Å². The highest BCUT2D eigenvalue weighted by Gasteiger charge is 1.97. The first-order valence-electron chi connectivity index (χ1n) is 5.00. The van der Waals surface area contributed by atoms with Crippen molar-refractivity contribution in [2.45, 2.75) is 6.85 Å². The van der Waals surface area contributed by atoms with E-state index in [-0.39, 0.29) is 28.1 Å². The Hall–Kier alpha value is -0.570. The van der Waals surface area contributed by atoms with Crippen LogP contribution in [-0.2, 0) is 0 Å². The molecule has 1 aromatic rings. The number of pyridine rings is 1. The van der Waals surface area contributed by atoms with Gasteiger partial charge in [0.1, 0.15) is 5.75 Å². The van der Waals surface area contributed by atoms with E-state index >= 15 is 0 Å². The fourth-order valence-electron chi connectivity index (χ4n) is 0.490. The Morgan fingerprint density at radius 1 is 1.90 bits per heavy atom. The van der Waals surface area contributed by atoms with Crippen molar-refractivity contribution in [3.05, 3.63) is 22.4 Å². The number of nitrogens with zero attached hydrogens (tertiary/aromatic N) is 1. The average molecular weight is 207 g/mol. The van der Waals surface area contributed by atoms with Crippen molar-refractivity contribution in [2.24, 2.45) is 0 Å². The Bertz CT molecular complexity index is 392. The minimum atomic E-state index is -2.49. The summed E-state index contributed by atoms with van der Waals surface area (Å²) in [4.78, 5) is 3.59. The van der Waals surface area contributed by atoms with Crippen LogP contribution in [0, 0.1) is 6.85 Å². The lowest BCUT2D eigenvalue weighted by atomic mass is 10.3. The van der Waals surface area contributed by atoms with Crippen molar-refractivity contribution in [3.63, 3.8) is 0 Å². The monoisotopic (exact) mass is 206 g/mol. The number of hydrogen-bond donors (Lipinski definition) is 0. The zero-order chi connectivity index (χ0) is 11.8. The molecule has 54 valence electrons. The first-order chi connectivity index (χ1) is 6.79. The van der Waals surface area contributed by atoms with Gasteiger partial charge in [0.15, 0.2) is 0 Å². The zero-order valence-electron chi connectivity index (χ0n) is 10.2. The molecule has 0 aromatic carbocycles. The van der Waals surface area contributed by atoms with Gasteiger partial charge in [0.25, 0.3) is 0 Å². The lowest BCUT2D eigenvalue weighted by Gasteiger charge is -2.01. The smallest absolute Gasteiger partial charge is 0.141 e. The molecule has 0 saturated heterocycles. The quantitative estimate of drug-likeness (QED) is 0.703. The molecule has 0 unspecified atom stereocenters. The predicted octanol–water partition coefficient (Wildman–Crippen LogP) is 2.16. The van der Waals surface area contributed by atoms with E-state index in [9.17, 15) is 0 Å². The first kappa shape index (κ1) is 3.22. The number of rotatable bonds is 1. The van der Waals surface area contributed by atoms with E-state index in [1.165, 1.54) is 7.11 Å². The van der Waals surface area contributed by atoms with E-state index in [0.717, 1.165) is 0 Å². The van der Waals surface area contributed by atoms with Crippen LogP contribution < -0.4 is 4.74 Å². The summed E-state index contributed by atoms with van der Waals surface area (Å²) in [6.07, 6.45) is -0.285. The maximum atomic E-state index is 7.58. The van der Waals surface area contributed by atoms with Crippen molar-refractivity contribution >= 4 is 15.9 Å². The second-order valence-corrected chi connectivity index (χ2v) is 2.34. The molecule has 0 aliphatic rings. The maximum Gasteiger partial charge on any atom is 0.141 e. The minimum Gasteiger partial charge on any atom is -0.495 e. The van der Waals surface area contributed by atoms with Gasteiger partial charge in [-0.3, -0.25) is 4.98 Å². The van der Waals surface area contributed by atoms with Crippen molar-refractivity contribution in [2.75, 3.05) is 7.11 Å². The van der Waals surface area contributed by atoms with Crippen LogP contribution in [0.4, 0.5) is 0 Å². The van der Waals surface area contributed by atoms with E-state index in [1.54, 1.807) is 0 Å². The first-order valence-corrected chi connectivity index (χ1v) is 3.29. The summed E-state index contributed by atoms with van der Waals surface area (Å²) >= 11 is 2.97. The highest BCUT2D eigenvalue weighted by Crippen LogP contribution is 2.19. The van der Waals surface area contributed by atoms with Gasteiger partial charge in [0, 0.05) is 14.8 Å². The molecule has 0 bridgehead atoms. The molecule has 1 heterocycles. The zero-order valence-corrected chi connectivity index (χ0v) is 6.82. The Morgan fingerprint density at radius 2 is 2.70 bits per heavy atom. The number of aromatic nitrogens is 1. The average Bonchev–Trinajstić information content (AvgIpc) is 2.12. The summed E-state index contributed by atoms with van der Waals surface area (Å²) in [5.74, 6) is -0.127. The molecule has 0 radical (unpaired) electrons. The Morgan fingerprint density at radius 3 is 3.30 bits per heavy atom. The van der Waals surface area contributed by atoms with Crippen LogP contribution in [0.1, 0.15) is 12.5 Å². The van der Waals surface area contributed by atoms with E-state index in [1.807, 2.05) is 0 Å². The standard InChI is InChI=1S/C7H8BrNO/c1-5-7(10-2)3-6(8)4-9-5/h3-4H,1-2H3/i1D3,3D,4D. The van der Waals surface area contributed by atoms with Gasteiger partial charge < -0.3 is 4.74 Å². The van der Waals surface area contributed by atoms with Gasteiger partial charge in [0.05, 0.1) is 15.5 Å².